The molecule has 4 aromatic rings. The van der Waals surface area contributed by atoms with E-state index in [0.717, 1.165) is 40.3 Å². The summed E-state index contributed by atoms with van der Waals surface area (Å²) in [7, 11) is 0. The van der Waals surface area contributed by atoms with Crippen LogP contribution in [-0.4, -0.2) is 53.6 Å². The van der Waals surface area contributed by atoms with Crippen LogP contribution in [0.15, 0.2) is 48.9 Å². The van der Waals surface area contributed by atoms with Gasteiger partial charge in [-0.3, -0.25) is 9.35 Å². The zero-order valence-electron chi connectivity index (χ0n) is 18.6. The molecule has 0 spiro atoms. The van der Waals surface area contributed by atoms with Gasteiger partial charge >= 0.3 is 0 Å². The van der Waals surface area contributed by atoms with Crippen LogP contribution in [0.4, 0.5) is 10.8 Å². The fourth-order valence-corrected chi connectivity index (χ4v) is 4.78. The predicted octanol–water partition coefficient (Wildman–Crippen LogP) is 2.90. The Morgan fingerprint density at radius 1 is 1.29 bits per heavy atom. The van der Waals surface area contributed by atoms with E-state index in [1.165, 1.54) is 17.3 Å². The number of anilines is 2. The number of nitrogens with one attached hydrogen (secondary N) is 3. The maximum Gasteiger partial charge on any atom is 0.285 e. The third-order valence-corrected chi connectivity index (χ3v) is 6.67. The smallest absolute Gasteiger partial charge is 0.285 e. The van der Waals surface area contributed by atoms with E-state index in [1.54, 1.807) is 24.3 Å². The van der Waals surface area contributed by atoms with Gasteiger partial charge in [0.05, 0.1) is 17.3 Å². The summed E-state index contributed by atoms with van der Waals surface area (Å²) in [6.45, 7) is 4.72. The normalized spacial score (nSPS) is 12.0. The maximum absolute atomic E-state index is 13.1. The van der Waals surface area contributed by atoms with E-state index in [1.807, 2.05) is 19.1 Å². The summed E-state index contributed by atoms with van der Waals surface area (Å²) in [6.07, 6.45) is 2.76. The second-order valence-electron chi connectivity index (χ2n) is 7.26. The van der Waals surface area contributed by atoms with E-state index in [0.29, 0.717) is 28.0 Å². The van der Waals surface area contributed by atoms with Gasteiger partial charge in [0.25, 0.3) is 17.2 Å². The van der Waals surface area contributed by atoms with Crippen molar-refractivity contribution in [3.8, 4) is 0 Å². The molecule has 4 rings (SSSR count). The van der Waals surface area contributed by atoms with Gasteiger partial charge in [-0.25, -0.2) is 9.19 Å². The van der Waals surface area contributed by atoms with Gasteiger partial charge in [0.2, 0.25) is 5.13 Å². The van der Waals surface area contributed by atoms with Crippen LogP contribution in [0.3, 0.4) is 0 Å². The molecule has 2 aromatic heterocycles. The molecule has 0 radical (unpaired) electrons. The van der Waals surface area contributed by atoms with Gasteiger partial charge in [-0.1, -0.05) is 30.7 Å². The van der Waals surface area contributed by atoms with Crippen LogP contribution in [0.1, 0.15) is 22.8 Å². The molecular formula is C21H23ClN8O3S2. The molecule has 0 saturated carbocycles. The van der Waals surface area contributed by atoms with Gasteiger partial charge in [0, 0.05) is 47.3 Å². The number of halogens is 1. The summed E-state index contributed by atoms with van der Waals surface area (Å²) in [5.74, 6) is -0.309. The van der Waals surface area contributed by atoms with Crippen LogP contribution in [-0.2, 0) is 17.8 Å². The summed E-state index contributed by atoms with van der Waals surface area (Å²) >= 11 is 4.66. The van der Waals surface area contributed by atoms with Gasteiger partial charge in [-0.05, 0) is 36.4 Å². The zero-order chi connectivity index (χ0) is 24.8. The molecule has 2 heterocycles. The zero-order valence-corrected chi connectivity index (χ0v) is 21.0. The molecule has 0 saturated heterocycles. The number of aromatic nitrogens is 4. The van der Waals surface area contributed by atoms with E-state index in [2.05, 4.69) is 30.4 Å². The number of rotatable bonds is 11. The lowest BCUT2D eigenvalue weighted by molar-refractivity contribution is 0.0952. The number of carbonyl (C=O) groups is 1. The Hall–Kier alpha value is -3.10. The lowest BCUT2D eigenvalue weighted by atomic mass is 10.1. The second-order valence-corrected chi connectivity index (χ2v) is 9.27. The van der Waals surface area contributed by atoms with Gasteiger partial charge in [-0.2, -0.15) is 14.3 Å². The SMILES string of the molecule is CCNCCNc1cc(Cl)ccc1CNC(=O)c1cccc2c1cnn2N(c1ncns1)S(=O)O. The fraction of sp³-hybridized carbons (Fsp3) is 0.238. The third kappa shape index (κ3) is 5.77. The monoisotopic (exact) mass is 534 g/mol. The number of hydrogen-bond donors (Lipinski definition) is 4. The van der Waals surface area contributed by atoms with E-state index >= 15 is 0 Å². The number of benzene rings is 2. The Morgan fingerprint density at radius 3 is 2.89 bits per heavy atom. The summed E-state index contributed by atoms with van der Waals surface area (Å²) in [5, 5.41) is 15.1. The average Bonchev–Trinajstić information content (AvgIpc) is 3.52. The number of hydrogen-bond acceptors (Lipinski definition) is 8. The molecule has 1 unspecified atom stereocenters. The molecule has 0 fully saturated rings. The van der Waals surface area contributed by atoms with Crippen molar-refractivity contribution in [2.45, 2.75) is 13.5 Å². The van der Waals surface area contributed by atoms with Crippen molar-refractivity contribution < 1.29 is 13.6 Å². The Bertz CT molecular complexity index is 1330. The van der Waals surface area contributed by atoms with E-state index in [9.17, 15) is 13.6 Å². The quantitative estimate of drug-likeness (QED) is 0.170. The minimum atomic E-state index is -2.45. The number of fused-ring (bicyclic) bond motifs is 1. The van der Waals surface area contributed by atoms with Crippen LogP contribution in [0.5, 0.6) is 0 Å². The highest BCUT2D eigenvalue weighted by Crippen LogP contribution is 2.25. The highest BCUT2D eigenvalue weighted by molar-refractivity contribution is 7.80. The van der Waals surface area contributed by atoms with Gasteiger partial charge < -0.3 is 16.0 Å². The molecule has 0 bridgehead atoms. The number of likely N-dealkylation sites (N-methyl/N-ethyl adjacent to an activating group) is 1. The number of nitrogens with zero attached hydrogens (tertiary/aromatic N) is 5. The third-order valence-electron chi connectivity index (χ3n) is 5.05. The van der Waals surface area contributed by atoms with Crippen molar-refractivity contribution in [2.75, 3.05) is 29.4 Å². The van der Waals surface area contributed by atoms with Crippen LogP contribution >= 0.6 is 23.1 Å². The van der Waals surface area contributed by atoms with Crippen LogP contribution in [0.2, 0.25) is 5.02 Å². The Morgan fingerprint density at radius 2 is 2.14 bits per heavy atom. The van der Waals surface area contributed by atoms with Crippen molar-refractivity contribution in [3.05, 3.63) is 65.1 Å². The summed E-state index contributed by atoms with van der Waals surface area (Å²) < 4.78 is 26.7. The molecule has 0 aliphatic carbocycles. The minimum absolute atomic E-state index is 0.183. The summed E-state index contributed by atoms with van der Waals surface area (Å²) in [4.78, 5) is 18.3. The fourth-order valence-electron chi connectivity index (χ4n) is 3.45. The van der Waals surface area contributed by atoms with E-state index in [4.69, 9.17) is 11.6 Å². The molecular weight excluding hydrogens is 512 g/mol. The highest BCUT2D eigenvalue weighted by atomic mass is 35.5. The van der Waals surface area contributed by atoms with E-state index < -0.39 is 11.3 Å². The molecule has 1 amide bonds. The maximum atomic E-state index is 13.1. The molecule has 0 aliphatic heterocycles. The first-order valence-corrected chi connectivity index (χ1v) is 12.9. The highest BCUT2D eigenvalue weighted by Gasteiger charge is 2.23. The largest absolute Gasteiger partial charge is 0.383 e. The molecule has 11 nitrogen and oxygen atoms in total. The second kappa shape index (κ2) is 11.6. The van der Waals surface area contributed by atoms with Crippen LogP contribution in [0, 0.1) is 0 Å². The van der Waals surface area contributed by atoms with Crippen molar-refractivity contribution >= 4 is 62.0 Å². The summed E-state index contributed by atoms with van der Waals surface area (Å²) in [5.41, 5.74) is 2.58. The van der Waals surface area contributed by atoms with Crippen molar-refractivity contribution in [2.24, 2.45) is 0 Å². The molecule has 0 aliphatic rings. The lowest BCUT2D eigenvalue weighted by Gasteiger charge is -2.16. The number of carbonyl (C=O) groups excluding carboxylic acids is 1. The predicted molar refractivity (Wildman–Crippen MR) is 138 cm³/mol. The Balaban J connectivity index is 1.54. The Kier molecular flexibility index (Phi) is 8.25. The molecule has 184 valence electrons. The van der Waals surface area contributed by atoms with Gasteiger partial charge in [-0.15, -0.1) is 4.41 Å². The van der Waals surface area contributed by atoms with Gasteiger partial charge in [0.1, 0.15) is 6.33 Å². The molecule has 4 N–H and O–H groups in total. The average molecular weight is 535 g/mol. The van der Waals surface area contributed by atoms with Gasteiger partial charge in [0.15, 0.2) is 0 Å². The van der Waals surface area contributed by atoms with E-state index in [-0.39, 0.29) is 17.6 Å². The first kappa shape index (κ1) is 25.0. The Labute approximate surface area is 213 Å². The van der Waals surface area contributed by atoms with Crippen molar-refractivity contribution in [3.63, 3.8) is 0 Å². The standard InChI is InChI=1S/C21H23ClN8O3S2/c1-2-23-8-9-24-18-10-15(22)7-6-14(18)11-25-20(31)16-4-3-5-19-17(16)12-27-29(19)30(35(32)33)21-26-13-28-34-21/h3-7,10,12-13,23-24H,2,8-9,11H2,1H3,(H,25,31)(H,32,33). The molecule has 2 aromatic carbocycles. The minimum Gasteiger partial charge on any atom is -0.383 e. The topological polar surface area (TPSA) is 137 Å². The number of amides is 1. The molecule has 1 atom stereocenters. The van der Waals surface area contributed by atoms with Crippen LogP contribution in [0.25, 0.3) is 10.9 Å². The van der Waals surface area contributed by atoms with Crippen molar-refractivity contribution in [1.82, 2.24) is 29.9 Å². The first-order chi connectivity index (χ1) is 17.0. The van der Waals surface area contributed by atoms with Crippen LogP contribution < -0.4 is 20.4 Å². The van der Waals surface area contributed by atoms with Crippen molar-refractivity contribution in [1.29, 1.82) is 0 Å². The first-order valence-electron chi connectivity index (χ1n) is 10.7. The molecule has 14 heteroatoms. The summed E-state index contributed by atoms with van der Waals surface area (Å²) in [6, 6.07) is 10.5. The lowest BCUT2D eigenvalue weighted by Crippen LogP contribution is -2.32. The molecule has 35 heavy (non-hydrogen) atoms.